The fraction of sp³-hybridized carbons (Fsp3) is 0.814. The molecule has 0 amide bonds. The van der Waals surface area contributed by atoms with Crippen molar-refractivity contribution in [3.63, 3.8) is 0 Å². The first-order valence-corrected chi connectivity index (χ1v) is 22.8. The SMILES string of the molecule is CCCCC/C=C\C/C=C\CCCCCCCCCCCC(=O)OC[C@H](COP(=O)(O)O)OC(=O)CCCCCCC/C=C\CCCCCCCC. The van der Waals surface area contributed by atoms with Gasteiger partial charge < -0.3 is 19.3 Å². The van der Waals surface area contributed by atoms with Crippen LogP contribution in [0.25, 0.3) is 0 Å². The van der Waals surface area contributed by atoms with E-state index in [1.165, 1.54) is 103 Å². The summed E-state index contributed by atoms with van der Waals surface area (Å²) >= 11 is 0. The van der Waals surface area contributed by atoms with Crippen LogP contribution < -0.4 is 0 Å². The molecule has 1 atom stereocenters. The lowest BCUT2D eigenvalue weighted by Crippen LogP contribution is -2.29. The molecule has 0 radical (unpaired) electrons. The molecule has 0 bridgehead atoms. The Kier molecular flexibility index (Phi) is 37.7. The summed E-state index contributed by atoms with van der Waals surface area (Å²) < 4.78 is 26.4. The molecule has 8 nitrogen and oxygen atoms in total. The summed E-state index contributed by atoms with van der Waals surface area (Å²) in [6, 6.07) is 0. The summed E-state index contributed by atoms with van der Waals surface area (Å²) in [7, 11) is -4.76. The van der Waals surface area contributed by atoms with E-state index >= 15 is 0 Å². The number of hydrogen-bond acceptors (Lipinski definition) is 6. The smallest absolute Gasteiger partial charge is 0.462 e. The zero-order valence-corrected chi connectivity index (χ0v) is 34.4. The van der Waals surface area contributed by atoms with Crippen LogP contribution in [-0.4, -0.2) is 41.0 Å². The molecule has 52 heavy (non-hydrogen) atoms. The topological polar surface area (TPSA) is 119 Å². The van der Waals surface area contributed by atoms with Crippen LogP contribution in [0.1, 0.15) is 206 Å². The highest BCUT2D eigenvalue weighted by molar-refractivity contribution is 7.46. The Morgan fingerprint density at radius 3 is 1.33 bits per heavy atom. The first kappa shape index (κ1) is 50.3. The van der Waals surface area contributed by atoms with Crippen LogP contribution in [0.4, 0.5) is 0 Å². The van der Waals surface area contributed by atoms with Crippen LogP contribution in [-0.2, 0) is 28.2 Å². The lowest BCUT2D eigenvalue weighted by atomic mass is 10.1. The lowest BCUT2D eigenvalue weighted by Gasteiger charge is -2.18. The monoisotopic (exact) mass is 755 g/mol. The summed E-state index contributed by atoms with van der Waals surface area (Å²) in [6.07, 6.45) is 45.7. The molecule has 0 rings (SSSR count). The van der Waals surface area contributed by atoms with Gasteiger partial charge in [0.1, 0.15) is 6.61 Å². The normalized spacial score (nSPS) is 12.8. The molecule has 0 spiro atoms. The maximum absolute atomic E-state index is 12.4. The van der Waals surface area contributed by atoms with E-state index in [0.29, 0.717) is 6.42 Å². The third kappa shape index (κ3) is 41.0. The minimum absolute atomic E-state index is 0.202. The molecule has 0 heterocycles. The molecule has 0 aromatic heterocycles. The van der Waals surface area contributed by atoms with Crippen molar-refractivity contribution >= 4 is 19.8 Å². The van der Waals surface area contributed by atoms with E-state index < -0.39 is 32.5 Å². The molecule has 9 heteroatoms. The summed E-state index contributed by atoms with van der Waals surface area (Å²) in [6.45, 7) is 3.65. The predicted octanol–water partition coefficient (Wildman–Crippen LogP) is 13.0. The summed E-state index contributed by atoms with van der Waals surface area (Å²) in [5, 5.41) is 0. The molecule has 0 saturated heterocycles. The second-order valence-corrected chi connectivity index (χ2v) is 15.5. The van der Waals surface area contributed by atoms with E-state index in [4.69, 9.17) is 19.3 Å². The van der Waals surface area contributed by atoms with Crippen molar-refractivity contribution in [3.05, 3.63) is 36.5 Å². The number of carbonyl (C=O) groups is 2. The molecule has 304 valence electrons. The third-order valence-corrected chi connectivity index (χ3v) is 9.62. The first-order valence-electron chi connectivity index (χ1n) is 21.3. The number of ether oxygens (including phenoxy) is 2. The third-order valence-electron chi connectivity index (χ3n) is 9.13. The molecular weight excluding hydrogens is 675 g/mol. The van der Waals surface area contributed by atoms with E-state index in [0.717, 1.165) is 70.6 Å². The number of hydrogen-bond donors (Lipinski definition) is 2. The first-order chi connectivity index (χ1) is 25.3. The quantitative estimate of drug-likeness (QED) is 0.0275. The highest BCUT2D eigenvalue weighted by atomic mass is 31.2. The van der Waals surface area contributed by atoms with Gasteiger partial charge in [0.25, 0.3) is 0 Å². The Balaban J connectivity index is 3.91. The predicted molar refractivity (Wildman–Crippen MR) is 216 cm³/mol. The molecule has 0 aliphatic carbocycles. The maximum Gasteiger partial charge on any atom is 0.469 e. The van der Waals surface area contributed by atoms with Crippen molar-refractivity contribution in [1.82, 2.24) is 0 Å². The van der Waals surface area contributed by atoms with Crippen LogP contribution in [0.3, 0.4) is 0 Å². The van der Waals surface area contributed by atoms with Crippen LogP contribution >= 0.6 is 7.82 Å². The second kappa shape index (κ2) is 39.0. The van der Waals surface area contributed by atoms with Crippen molar-refractivity contribution in [3.8, 4) is 0 Å². The zero-order valence-electron chi connectivity index (χ0n) is 33.5. The largest absolute Gasteiger partial charge is 0.469 e. The number of allylic oxidation sites excluding steroid dienone is 6. The van der Waals surface area contributed by atoms with Gasteiger partial charge in [0, 0.05) is 12.8 Å². The minimum atomic E-state index is -4.76. The molecule has 0 aliphatic heterocycles. The fourth-order valence-electron chi connectivity index (χ4n) is 5.93. The van der Waals surface area contributed by atoms with Crippen molar-refractivity contribution in [2.24, 2.45) is 0 Å². The Labute approximate surface area is 319 Å². The molecule has 0 aromatic rings. The Hall–Kier alpha value is -1.73. The standard InChI is InChI=1S/C43H79O8P/c1-3-5-7-9-11-13-15-17-19-20-21-22-24-25-27-29-31-33-35-37-42(44)49-39-41(40-50-52(46,47)48)51-43(45)38-36-34-32-30-28-26-23-18-16-14-12-10-8-6-4-2/h11,13,17-19,23,41H,3-10,12,14-16,20-22,24-40H2,1-2H3,(H2,46,47,48)/b13-11-,19-17-,23-18-/t41-/m1/s1. The Bertz CT molecular complexity index is 941. The van der Waals surface area contributed by atoms with Gasteiger partial charge in [-0.05, 0) is 70.6 Å². The number of esters is 2. The van der Waals surface area contributed by atoms with Gasteiger partial charge in [0.15, 0.2) is 6.10 Å². The van der Waals surface area contributed by atoms with Gasteiger partial charge in [0.05, 0.1) is 6.61 Å². The van der Waals surface area contributed by atoms with Gasteiger partial charge in [-0.1, -0.05) is 159 Å². The molecule has 0 unspecified atom stereocenters. The van der Waals surface area contributed by atoms with Crippen LogP contribution in [0.2, 0.25) is 0 Å². The number of phosphoric ester groups is 1. The van der Waals surface area contributed by atoms with Crippen molar-refractivity contribution in [1.29, 1.82) is 0 Å². The molecule has 0 saturated carbocycles. The van der Waals surface area contributed by atoms with Gasteiger partial charge in [-0.2, -0.15) is 0 Å². The molecule has 0 fully saturated rings. The Morgan fingerprint density at radius 2 is 0.865 bits per heavy atom. The number of rotatable bonds is 39. The average molecular weight is 755 g/mol. The molecule has 0 aliphatic rings. The number of unbranched alkanes of at least 4 members (excludes halogenated alkanes) is 23. The van der Waals surface area contributed by atoms with Crippen molar-refractivity contribution < 1.29 is 37.9 Å². The van der Waals surface area contributed by atoms with Crippen LogP contribution in [0.5, 0.6) is 0 Å². The van der Waals surface area contributed by atoms with E-state index in [2.05, 4.69) is 54.8 Å². The van der Waals surface area contributed by atoms with Gasteiger partial charge in [-0.15, -0.1) is 0 Å². The maximum atomic E-state index is 12.4. The zero-order chi connectivity index (χ0) is 38.2. The summed E-state index contributed by atoms with van der Waals surface area (Å²) in [5.41, 5.74) is 0. The van der Waals surface area contributed by atoms with Crippen molar-refractivity contribution in [2.45, 2.75) is 213 Å². The summed E-state index contributed by atoms with van der Waals surface area (Å²) in [5.74, 6) is -0.896. The van der Waals surface area contributed by atoms with E-state index in [1.54, 1.807) is 0 Å². The van der Waals surface area contributed by atoms with E-state index in [1.807, 2.05) is 0 Å². The molecule has 2 N–H and O–H groups in total. The van der Waals surface area contributed by atoms with Gasteiger partial charge in [0.2, 0.25) is 0 Å². The summed E-state index contributed by atoms with van der Waals surface area (Å²) in [4.78, 5) is 42.8. The van der Waals surface area contributed by atoms with Gasteiger partial charge >= 0.3 is 19.8 Å². The Morgan fingerprint density at radius 1 is 0.500 bits per heavy atom. The molecule has 0 aromatic carbocycles. The molecular formula is C43H79O8P. The van der Waals surface area contributed by atoms with E-state index in [-0.39, 0.29) is 19.4 Å². The van der Waals surface area contributed by atoms with Crippen LogP contribution in [0, 0.1) is 0 Å². The lowest BCUT2D eigenvalue weighted by molar-refractivity contribution is -0.161. The van der Waals surface area contributed by atoms with Gasteiger partial charge in [-0.25, -0.2) is 4.57 Å². The van der Waals surface area contributed by atoms with E-state index in [9.17, 15) is 14.2 Å². The highest BCUT2D eigenvalue weighted by Crippen LogP contribution is 2.36. The fourth-order valence-corrected chi connectivity index (χ4v) is 6.29. The minimum Gasteiger partial charge on any atom is -0.462 e. The number of carbonyl (C=O) groups excluding carboxylic acids is 2. The van der Waals surface area contributed by atoms with Crippen molar-refractivity contribution in [2.75, 3.05) is 13.2 Å². The van der Waals surface area contributed by atoms with Crippen LogP contribution in [0.15, 0.2) is 36.5 Å². The number of phosphoric acid groups is 1. The average Bonchev–Trinajstić information content (AvgIpc) is 3.11. The second-order valence-electron chi connectivity index (χ2n) is 14.3. The van der Waals surface area contributed by atoms with Gasteiger partial charge in [-0.3, -0.25) is 14.1 Å². The highest BCUT2D eigenvalue weighted by Gasteiger charge is 2.22.